The van der Waals surface area contributed by atoms with Gasteiger partial charge in [-0.1, -0.05) is 0 Å². The van der Waals surface area contributed by atoms with E-state index >= 15 is 0 Å². The Bertz CT molecular complexity index is 700. The highest BCUT2D eigenvalue weighted by Crippen LogP contribution is 2.25. The van der Waals surface area contributed by atoms with Crippen LogP contribution in [0.25, 0.3) is 0 Å². The zero-order valence-corrected chi connectivity index (χ0v) is 15.6. The number of anilines is 1. The van der Waals surface area contributed by atoms with Crippen molar-refractivity contribution in [2.75, 3.05) is 50.7 Å². The van der Waals surface area contributed by atoms with Gasteiger partial charge in [-0.25, -0.2) is 13.6 Å². The second-order valence-corrected chi connectivity index (χ2v) is 7.23. The molecule has 0 aliphatic carbocycles. The Morgan fingerprint density at radius 2 is 1.81 bits per heavy atom. The molecular weight excluding hydrogens is 354 g/mol. The number of amides is 3. The van der Waals surface area contributed by atoms with E-state index in [4.69, 9.17) is 0 Å². The van der Waals surface area contributed by atoms with Crippen LogP contribution in [0.5, 0.6) is 0 Å². The Kier molecular flexibility index (Phi) is 6.13. The first-order valence-electron chi connectivity index (χ1n) is 9.42. The maximum Gasteiger partial charge on any atom is 0.317 e. The molecule has 2 saturated heterocycles. The minimum absolute atomic E-state index is 0.0422. The van der Waals surface area contributed by atoms with E-state index in [-0.39, 0.29) is 17.9 Å². The lowest BCUT2D eigenvalue weighted by atomic mass is 10.1. The van der Waals surface area contributed by atoms with Crippen molar-refractivity contribution in [1.29, 1.82) is 0 Å². The summed E-state index contributed by atoms with van der Waals surface area (Å²) >= 11 is 0. The van der Waals surface area contributed by atoms with E-state index < -0.39 is 11.6 Å². The molecule has 8 heteroatoms. The number of nitrogens with zero attached hydrogens (tertiary/aromatic N) is 3. The summed E-state index contributed by atoms with van der Waals surface area (Å²) in [5.74, 6) is -1.38. The molecule has 2 aliphatic rings. The van der Waals surface area contributed by atoms with E-state index in [0.717, 1.165) is 25.5 Å². The number of carbonyl (C=O) groups is 2. The van der Waals surface area contributed by atoms with Gasteiger partial charge in [-0.05, 0) is 30.9 Å². The smallest absolute Gasteiger partial charge is 0.317 e. The van der Waals surface area contributed by atoms with E-state index in [1.807, 2.05) is 4.90 Å². The van der Waals surface area contributed by atoms with Gasteiger partial charge < -0.3 is 20.0 Å². The number of urea groups is 1. The highest BCUT2D eigenvalue weighted by molar-refractivity contribution is 5.75. The van der Waals surface area contributed by atoms with Gasteiger partial charge in [0.2, 0.25) is 5.91 Å². The molecule has 2 fully saturated rings. The van der Waals surface area contributed by atoms with Crippen molar-refractivity contribution in [3.05, 3.63) is 29.8 Å². The topological polar surface area (TPSA) is 55.9 Å². The summed E-state index contributed by atoms with van der Waals surface area (Å²) in [6.45, 7) is 5.98. The maximum absolute atomic E-state index is 13.4. The summed E-state index contributed by atoms with van der Waals surface area (Å²) in [6, 6.07) is 3.83. The fourth-order valence-corrected chi connectivity index (χ4v) is 3.69. The van der Waals surface area contributed by atoms with Crippen LogP contribution in [0.2, 0.25) is 0 Å². The van der Waals surface area contributed by atoms with Crippen molar-refractivity contribution in [3.63, 3.8) is 0 Å². The summed E-state index contributed by atoms with van der Waals surface area (Å²) in [5, 5.41) is 2.98. The number of hydrogen-bond donors (Lipinski definition) is 1. The summed E-state index contributed by atoms with van der Waals surface area (Å²) in [7, 11) is 0. The number of rotatable bonds is 3. The molecule has 0 radical (unpaired) electrons. The van der Waals surface area contributed by atoms with Gasteiger partial charge in [0.05, 0.1) is 0 Å². The molecule has 2 heterocycles. The van der Waals surface area contributed by atoms with E-state index in [2.05, 4.69) is 5.32 Å². The molecule has 0 bridgehead atoms. The van der Waals surface area contributed by atoms with E-state index in [1.54, 1.807) is 22.8 Å². The van der Waals surface area contributed by atoms with Gasteiger partial charge in [-0.2, -0.15) is 0 Å². The number of benzene rings is 1. The van der Waals surface area contributed by atoms with Crippen LogP contribution in [-0.4, -0.2) is 67.6 Å². The zero-order valence-electron chi connectivity index (χ0n) is 15.6. The fourth-order valence-electron chi connectivity index (χ4n) is 3.69. The molecule has 3 rings (SSSR count). The Morgan fingerprint density at radius 1 is 1.07 bits per heavy atom. The van der Waals surface area contributed by atoms with Crippen molar-refractivity contribution >= 4 is 17.6 Å². The quantitative estimate of drug-likeness (QED) is 0.873. The normalized spacial score (nSPS) is 20.6. The molecule has 1 unspecified atom stereocenters. The highest BCUT2D eigenvalue weighted by Gasteiger charge is 2.25. The Morgan fingerprint density at radius 3 is 2.56 bits per heavy atom. The lowest BCUT2D eigenvalue weighted by Gasteiger charge is -2.23. The minimum Gasteiger partial charge on any atom is -0.371 e. The van der Waals surface area contributed by atoms with Gasteiger partial charge >= 0.3 is 6.03 Å². The van der Waals surface area contributed by atoms with Crippen LogP contribution in [0.3, 0.4) is 0 Å². The largest absolute Gasteiger partial charge is 0.371 e. The third kappa shape index (κ3) is 4.87. The number of hydrogen-bond acceptors (Lipinski definition) is 3. The summed E-state index contributed by atoms with van der Waals surface area (Å²) in [5.41, 5.74) is 0.666. The minimum atomic E-state index is -0.845. The Labute approximate surface area is 158 Å². The van der Waals surface area contributed by atoms with Crippen LogP contribution < -0.4 is 10.2 Å². The van der Waals surface area contributed by atoms with E-state index in [1.165, 1.54) is 6.07 Å². The third-order valence-corrected chi connectivity index (χ3v) is 5.32. The second-order valence-electron chi connectivity index (χ2n) is 7.23. The predicted molar refractivity (Wildman–Crippen MR) is 98.5 cm³/mol. The molecule has 3 amide bonds. The molecular formula is C19H26F2N4O2. The molecule has 27 heavy (non-hydrogen) atoms. The third-order valence-electron chi connectivity index (χ3n) is 5.32. The molecule has 1 atom stereocenters. The monoisotopic (exact) mass is 380 g/mol. The average Bonchev–Trinajstić information content (AvgIpc) is 2.97. The first kappa shape index (κ1) is 19.4. The van der Waals surface area contributed by atoms with Gasteiger partial charge in [-0.3, -0.25) is 4.79 Å². The average molecular weight is 380 g/mol. The molecule has 148 valence electrons. The first-order valence-corrected chi connectivity index (χ1v) is 9.42. The van der Waals surface area contributed by atoms with Gasteiger partial charge in [0, 0.05) is 64.5 Å². The van der Waals surface area contributed by atoms with Gasteiger partial charge in [0.25, 0.3) is 0 Å². The Balaban J connectivity index is 1.45. The SMILES string of the molecule is CC(=O)N1CCCN(C(=O)NCC2CCN(c3ccc(F)c(F)c3)C2)CC1. The van der Waals surface area contributed by atoms with Crippen LogP contribution in [0.4, 0.5) is 19.3 Å². The number of carbonyl (C=O) groups excluding carboxylic acids is 2. The summed E-state index contributed by atoms with van der Waals surface area (Å²) in [4.78, 5) is 29.4. The lowest BCUT2D eigenvalue weighted by molar-refractivity contribution is -0.128. The van der Waals surface area contributed by atoms with Crippen LogP contribution >= 0.6 is 0 Å². The van der Waals surface area contributed by atoms with Crippen LogP contribution in [0, 0.1) is 17.6 Å². The molecule has 1 aromatic carbocycles. The molecule has 0 spiro atoms. The van der Waals surface area contributed by atoms with Crippen molar-refractivity contribution in [3.8, 4) is 0 Å². The highest BCUT2D eigenvalue weighted by atomic mass is 19.2. The molecule has 1 N–H and O–H groups in total. The number of nitrogens with one attached hydrogen (secondary N) is 1. The van der Waals surface area contributed by atoms with E-state index in [0.29, 0.717) is 45.0 Å². The van der Waals surface area contributed by atoms with Crippen LogP contribution in [-0.2, 0) is 4.79 Å². The summed E-state index contributed by atoms with van der Waals surface area (Å²) in [6.07, 6.45) is 1.66. The van der Waals surface area contributed by atoms with Crippen molar-refractivity contribution in [2.24, 2.45) is 5.92 Å². The van der Waals surface area contributed by atoms with Crippen molar-refractivity contribution in [1.82, 2.24) is 15.1 Å². The molecule has 2 aliphatic heterocycles. The predicted octanol–water partition coefficient (Wildman–Crippen LogP) is 2.05. The maximum atomic E-state index is 13.4. The van der Waals surface area contributed by atoms with Crippen LogP contribution in [0.15, 0.2) is 18.2 Å². The standard InChI is InChI=1S/C19H26F2N4O2/c1-14(26)23-6-2-7-24(10-9-23)19(27)22-12-15-5-8-25(13-15)16-3-4-17(20)18(21)11-16/h3-4,11,15H,2,5-10,12-13H2,1H3,(H,22,27). The molecule has 1 aromatic rings. The van der Waals surface area contributed by atoms with Crippen molar-refractivity contribution in [2.45, 2.75) is 19.8 Å². The van der Waals surface area contributed by atoms with Crippen LogP contribution in [0.1, 0.15) is 19.8 Å². The lowest BCUT2D eigenvalue weighted by Crippen LogP contribution is -2.44. The van der Waals surface area contributed by atoms with Crippen molar-refractivity contribution < 1.29 is 18.4 Å². The molecule has 0 aromatic heterocycles. The molecule has 6 nitrogen and oxygen atoms in total. The summed E-state index contributed by atoms with van der Waals surface area (Å²) < 4.78 is 26.5. The fraction of sp³-hybridized carbons (Fsp3) is 0.579. The van der Waals surface area contributed by atoms with Gasteiger partial charge in [-0.15, -0.1) is 0 Å². The number of halogens is 2. The first-order chi connectivity index (χ1) is 12.9. The Hall–Kier alpha value is -2.38. The van der Waals surface area contributed by atoms with Gasteiger partial charge in [0.1, 0.15) is 0 Å². The zero-order chi connectivity index (χ0) is 19.4. The van der Waals surface area contributed by atoms with E-state index in [9.17, 15) is 18.4 Å². The van der Waals surface area contributed by atoms with Gasteiger partial charge in [0.15, 0.2) is 11.6 Å². The molecule has 0 saturated carbocycles. The second kappa shape index (κ2) is 8.54.